The van der Waals surface area contributed by atoms with Crippen molar-refractivity contribution in [2.45, 2.75) is 24.3 Å². The first-order valence-corrected chi connectivity index (χ1v) is 8.75. The summed E-state index contributed by atoms with van der Waals surface area (Å²) < 4.78 is 0. The molecule has 0 amide bonds. The molecule has 1 aliphatic heterocycles. The van der Waals surface area contributed by atoms with Crippen molar-refractivity contribution in [3.8, 4) is 0 Å². The minimum Gasteiger partial charge on any atom is -0.312 e. The molecule has 1 N–H and O–H groups in total. The standard InChI is InChI=1S/C23H23N/c1-4-10-19(11-5-1)16-22-17-23(18-24-22,20-12-6-2-7-13-20)21-14-8-3-9-15-21/h1-15,22,24H,16-18H2/t22-/m1/s1. The quantitative estimate of drug-likeness (QED) is 0.743. The Bertz CT molecular complexity index is 725. The Morgan fingerprint density at radius 1 is 0.708 bits per heavy atom. The number of hydrogen-bond acceptors (Lipinski definition) is 1. The predicted molar refractivity (Wildman–Crippen MR) is 100 cm³/mol. The third kappa shape index (κ3) is 2.88. The fourth-order valence-electron chi connectivity index (χ4n) is 4.05. The molecule has 0 radical (unpaired) electrons. The van der Waals surface area contributed by atoms with Crippen molar-refractivity contribution in [2.75, 3.05) is 6.54 Å². The fourth-order valence-corrected chi connectivity index (χ4v) is 4.05. The second-order valence-electron chi connectivity index (χ2n) is 6.79. The fraction of sp³-hybridized carbons (Fsp3) is 0.217. The van der Waals surface area contributed by atoms with Crippen LogP contribution in [0.3, 0.4) is 0 Å². The van der Waals surface area contributed by atoms with Crippen LogP contribution < -0.4 is 5.32 Å². The lowest BCUT2D eigenvalue weighted by molar-refractivity contribution is 0.540. The summed E-state index contributed by atoms with van der Waals surface area (Å²) in [5.74, 6) is 0. The molecule has 3 aromatic rings. The van der Waals surface area contributed by atoms with Gasteiger partial charge >= 0.3 is 0 Å². The van der Waals surface area contributed by atoms with E-state index in [-0.39, 0.29) is 5.41 Å². The summed E-state index contributed by atoms with van der Waals surface area (Å²) in [7, 11) is 0. The molecule has 0 bridgehead atoms. The zero-order chi connectivity index (χ0) is 16.2. The van der Waals surface area contributed by atoms with Gasteiger partial charge in [-0.1, -0.05) is 91.0 Å². The maximum Gasteiger partial charge on any atom is 0.0342 e. The zero-order valence-corrected chi connectivity index (χ0v) is 13.9. The van der Waals surface area contributed by atoms with Gasteiger partial charge in [0, 0.05) is 18.0 Å². The van der Waals surface area contributed by atoms with Crippen LogP contribution in [0.15, 0.2) is 91.0 Å². The number of hydrogen-bond donors (Lipinski definition) is 1. The van der Waals surface area contributed by atoms with E-state index in [1.807, 2.05) is 0 Å². The minimum absolute atomic E-state index is 0.0714. The highest BCUT2D eigenvalue weighted by Crippen LogP contribution is 2.40. The van der Waals surface area contributed by atoms with Gasteiger partial charge in [-0.25, -0.2) is 0 Å². The Balaban J connectivity index is 1.66. The van der Waals surface area contributed by atoms with Crippen LogP contribution in [0.25, 0.3) is 0 Å². The van der Waals surface area contributed by atoms with Crippen LogP contribution in [0, 0.1) is 0 Å². The van der Waals surface area contributed by atoms with Crippen LogP contribution in [-0.2, 0) is 11.8 Å². The summed E-state index contributed by atoms with van der Waals surface area (Å²) in [6, 6.07) is 33.3. The zero-order valence-electron chi connectivity index (χ0n) is 13.9. The van der Waals surface area contributed by atoms with Crippen LogP contribution in [0.2, 0.25) is 0 Å². The van der Waals surface area contributed by atoms with Crippen LogP contribution >= 0.6 is 0 Å². The average Bonchev–Trinajstić information content (AvgIpc) is 3.09. The molecular formula is C23H23N. The molecule has 1 aliphatic rings. The third-order valence-corrected chi connectivity index (χ3v) is 5.27. The van der Waals surface area contributed by atoms with E-state index < -0.39 is 0 Å². The van der Waals surface area contributed by atoms with Crippen molar-refractivity contribution in [1.29, 1.82) is 0 Å². The topological polar surface area (TPSA) is 12.0 Å². The lowest BCUT2D eigenvalue weighted by Crippen LogP contribution is -2.30. The van der Waals surface area contributed by atoms with Crippen molar-refractivity contribution in [1.82, 2.24) is 5.32 Å². The monoisotopic (exact) mass is 313 g/mol. The Kier molecular flexibility index (Phi) is 4.18. The first-order chi connectivity index (χ1) is 11.9. The Labute approximate surface area is 144 Å². The van der Waals surface area contributed by atoms with Crippen molar-refractivity contribution in [3.05, 3.63) is 108 Å². The molecule has 1 heterocycles. The van der Waals surface area contributed by atoms with Gasteiger partial charge in [-0.05, 0) is 29.5 Å². The highest BCUT2D eigenvalue weighted by molar-refractivity contribution is 5.42. The number of nitrogens with one attached hydrogen (secondary N) is 1. The molecule has 0 unspecified atom stereocenters. The van der Waals surface area contributed by atoms with E-state index in [0.29, 0.717) is 6.04 Å². The summed E-state index contributed by atoms with van der Waals surface area (Å²) in [6.07, 6.45) is 2.22. The van der Waals surface area contributed by atoms with Gasteiger partial charge in [0.05, 0.1) is 0 Å². The first kappa shape index (κ1) is 15.2. The molecule has 120 valence electrons. The number of rotatable bonds is 4. The molecule has 3 aromatic carbocycles. The molecular weight excluding hydrogens is 290 g/mol. The molecule has 1 atom stereocenters. The molecule has 0 spiro atoms. The Morgan fingerprint density at radius 2 is 1.21 bits per heavy atom. The van der Waals surface area contributed by atoms with E-state index in [4.69, 9.17) is 0 Å². The van der Waals surface area contributed by atoms with E-state index in [2.05, 4.69) is 96.3 Å². The molecule has 0 aliphatic carbocycles. The lowest BCUT2D eigenvalue weighted by atomic mass is 9.72. The van der Waals surface area contributed by atoms with E-state index in [1.54, 1.807) is 0 Å². The van der Waals surface area contributed by atoms with Gasteiger partial charge in [0.15, 0.2) is 0 Å². The molecule has 0 saturated carbocycles. The van der Waals surface area contributed by atoms with Crippen molar-refractivity contribution in [3.63, 3.8) is 0 Å². The van der Waals surface area contributed by atoms with Crippen LogP contribution in [0.5, 0.6) is 0 Å². The highest BCUT2D eigenvalue weighted by Gasteiger charge is 2.41. The maximum absolute atomic E-state index is 3.79. The second-order valence-corrected chi connectivity index (χ2v) is 6.79. The summed E-state index contributed by atoms with van der Waals surface area (Å²) in [4.78, 5) is 0. The molecule has 4 rings (SSSR count). The largest absolute Gasteiger partial charge is 0.312 e. The highest BCUT2D eigenvalue weighted by atomic mass is 15.0. The van der Waals surface area contributed by atoms with E-state index in [9.17, 15) is 0 Å². The summed E-state index contributed by atoms with van der Waals surface area (Å²) >= 11 is 0. The summed E-state index contributed by atoms with van der Waals surface area (Å²) in [5, 5.41) is 3.79. The normalized spacial score (nSPS) is 19.2. The molecule has 1 fully saturated rings. The SMILES string of the molecule is c1ccc(C[C@@H]2CC(c3ccccc3)(c3ccccc3)CN2)cc1. The predicted octanol–water partition coefficient (Wildman–Crippen LogP) is 4.58. The van der Waals surface area contributed by atoms with E-state index in [1.165, 1.54) is 16.7 Å². The van der Waals surface area contributed by atoms with Crippen LogP contribution in [-0.4, -0.2) is 12.6 Å². The molecule has 1 heteroatoms. The van der Waals surface area contributed by atoms with Crippen molar-refractivity contribution in [2.24, 2.45) is 0 Å². The second kappa shape index (κ2) is 6.62. The van der Waals surface area contributed by atoms with Crippen LogP contribution in [0.4, 0.5) is 0 Å². The van der Waals surface area contributed by atoms with Crippen molar-refractivity contribution < 1.29 is 0 Å². The smallest absolute Gasteiger partial charge is 0.0342 e. The summed E-state index contributed by atoms with van der Waals surface area (Å²) in [6.45, 7) is 0.999. The van der Waals surface area contributed by atoms with Gasteiger partial charge < -0.3 is 5.32 Å². The van der Waals surface area contributed by atoms with Gasteiger partial charge in [-0.2, -0.15) is 0 Å². The van der Waals surface area contributed by atoms with Gasteiger partial charge in [0.1, 0.15) is 0 Å². The van der Waals surface area contributed by atoms with E-state index in [0.717, 1.165) is 19.4 Å². The third-order valence-electron chi connectivity index (χ3n) is 5.27. The number of benzene rings is 3. The average molecular weight is 313 g/mol. The first-order valence-electron chi connectivity index (χ1n) is 8.75. The van der Waals surface area contributed by atoms with Gasteiger partial charge in [-0.15, -0.1) is 0 Å². The molecule has 1 saturated heterocycles. The minimum atomic E-state index is 0.0714. The molecule has 1 nitrogen and oxygen atoms in total. The van der Waals surface area contributed by atoms with Gasteiger partial charge in [0.25, 0.3) is 0 Å². The van der Waals surface area contributed by atoms with E-state index >= 15 is 0 Å². The lowest BCUT2D eigenvalue weighted by Gasteiger charge is -2.30. The van der Waals surface area contributed by atoms with Crippen molar-refractivity contribution >= 4 is 0 Å². The van der Waals surface area contributed by atoms with Gasteiger partial charge in [-0.3, -0.25) is 0 Å². The summed E-state index contributed by atoms with van der Waals surface area (Å²) in [5.41, 5.74) is 4.31. The van der Waals surface area contributed by atoms with Gasteiger partial charge in [0.2, 0.25) is 0 Å². The van der Waals surface area contributed by atoms with Crippen LogP contribution in [0.1, 0.15) is 23.1 Å². The molecule has 24 heavy (non-hydrogen) atoms. The Hall–Kier alpha value is -2.38. The maximum atomic E-state index is 3.79. The molecule has 0 aromatic heterocycles. The Morgan fingerprint density at radius 3 is 1.75 bits per heavy atom.